The zero-order chi connectivity index (χ0) is 11.4. The third-order valence-electron chi connectivity index (χ3n) is 2.90. The quantitative estimate of drug-likeness (QED) is 0.859. The molecule has 0 spiro atoms. The van der Waals surface area contributed by atoms with Crippen molar-refractivity contribution in [3.63, 3.8) is 0 Å². The lowest BCUT2D eigenvalue weighted by atomic mass is 10.2. The standard InChI is InChI=1S/C11H18N4S/c1-2-10-8-15(5-6-16-10)11-9(7-12)3-4-13-14-11/h3-4,10H,2,5-8,12H2,1H3. The van der Waals surface area contributed by atoms with E-state index in [-0.39, 0.29) is 0 Å². The molecule has 1 saturated heterocycles. The monoisotopic (exact) mass is 238 g/mol. The van der Waals surface area contributed by atoms with Gasteiger partial charge in [0.05, 0.1) is 6.20 Å². The smallest absolute Gasteiger partial charge is 0.155 e. The van der Waals surface area contributed by atoms with Crippen molar-refractivity contribution in [3.8, 4) is 0 Å². The molecule has 0 aromatic carbocycles. The van der Waals surface area contributed by atoms with E-state index in [9.17, 15) is 0 Å². The maximum absolute atomic E-state index is 5.72. The molecule has 1 aliphatic heterocycles. The van der Waals surface area contributed by atoms with Crippen molar-refractivity contribution in [3.05, 3.63) is 17.8 Å². The maximum atomic E-state index is 5.72. The molecular formula is C11H18N4S. The van der Waals surface area contributed by atoms with Gasteiger partial charge in [0, 0.05) is 36.2 Å². The van der Waals surface area contributed by atoms with Gasteiger partial charge in [-0.3, -0.25) is 0 Å². The van der Waals surface area contributed by atoms with E-state index < -0.39 is 0 Å². The summed E-state index contributed by atoms with van der Waals surface area (Å²) >= 11 is 2.05. The normalized spacial score (nSPS) is 21.1. The van der Waals surface area contributed by atoms with Gasteiger partial charge in [0.15, 0.2) is 5.82 Å². The molecule has 88 valence electrons. The molecule has 1 aliphatic rings. The summed E-state index contributed by atoms with van der Waals surface area (Å²) < 4.78 is 0. The topological polar surface area (TPSA) is 55.0 Å². The van der Waals surface area contributed by atoms with Crippen LogP contribution in [-0.2, 0) is 6.54 Å². The van der Waals surface area contributed by atoms with Crippen LogP contribution in [0.5, 0.6) is 0 Å². The number of rotatable bonds is 3. The molecule has 4 nitrogen and oxygen atoms in total. The minimum absolute atomic E-state index is 0.533. The van der Waals surface area contributed by atoms with Crippen molar-refractivity contribution in [1.82, 2.24) is 10.2 Å². The number of hydrogen-bond donors (Lipinski definition) is 1. The van der Waals surface area contributed by atoms with Crippen molar-refractivity contribution < 1.29 is 0 Å². The van der Waals surface area contributed by atoms with Crippen LogP contribution in [0.1, 0.15) is 18.9 Å². The summed E-state index contributed by atoms with van der Waals surface area (Å²) in [4.78, 5) is 2.32. The second kappa shape index (κ2) is 5.50. The number of hydrogen-bond acceptors (Lipinski definition) is 5. The van der Waals surface area contributed by atoms with Crippen molar-refractivity contribution in [2.75, 3.05) is 23.7 Å². The molecule has 1 aromatic rings. The van der Waals surface area contributed by atoms with Gasteiger partial charge in [-0.2, -0.15) is 16.9 Å². The van der Waals surface area contributed by atoms with Crippen molar-refractivity contribution in [2.24, 2.45) is 5.73 Å². The highest BCUT2D eigenvalue weighted by atomic mass is 32.2. The van der Waals surface area contributed by atoms with E-state index in [1.54, 1.807) is 6.20 Å². The van der Waals surface area contributed by atoms with Gasteiger partial charge in [0.1, 0.15) is 0 Å². The van der Waals surface area contributed by atoms with E-state index in [4.69, 9.17) is 5.73 Å². The lowest BCUT2D eigenvalue weighted by molar-refractivity contribution is 0.708. The molecule has 5 heteroatoms. The first-order valence-electron chi connectivity index (χ1n) is 5.72. The van der Waals surface area contributed by atoms with Crippen molar-refractivity contribution in [2.45, 2.75) is 25.1 Å². The molecule has 0 bridgehead atoms. The fourth-order valence-electron chi connectivity index (χ4n) is 1.93. The molecule has 0 amide bonds. The van der Waals surface area contributed by atoms with Gasteiger partial charge < -0.3 is 10.6 Å². The van der Waals surface area contributed by atoms with Crippen LogP contribution in [-0.4, -0.2) is 34.3 Å². The number of anilines is 1. The molecule has 0 aliphatic carbocycles. The SMILES string of the molecule is CCC1CN(c2nnccc2CN)CCS1. The predicted octanol–water partition coefficient (Wildman–Crippen LogP) is 1.27. The third kappa shape index (κ3) is 2.47. The molecule has 0 radical (unpaired) electrons. The van der Waals surface area contributed by atoms with Crippen LogP contribution in [0.15, 0.2) is 12.3 Å². The Labute approximate surface area is 101 Å². The minimum atomic E-state index is 0.533. The lowest BCUT2D eigenvalue weighted by Gasteiger charge is -2.33. The van der Waals surface area contributed by atoms with E-state index in [1.807, 2.05) is 6.07 Å². The van der Waals surface area contributed by atoms with E-state index in [0.29, 0.717) is 11.8 Å². The summed E-state index contributed by atoms with van der Waals surface area (Å²) in [6.45, 7) is 4.88. The van der Waals surface area contributed by atoms with Gasteiger partial charge in [-0.25, -0.2) is 0 Å². The third-order valence-corrected chi connectivity index (χ3v) is 4.27. The van der Waals surface area contributed by atoms with Gasteiger partial charge in [0.2, 0.25) is 0 Å². The molecular weight excluding hydrogens is 220 g/mol. The molecule has 2 N–H and O–H groups in total. The molecule has 1 atom stereocenters. The van der Waals surface area contributed by atoms with Crippen LogP contribution >= 0.6 is 11.8 Å². The van der Waals surface area contributed by atoms with E-state index in [1.165, 1.54) is 12.2 Å². The summed E-state index contributed by atoms with van der Waals surface area (Å²) in [5.41, 5.74) is 6.82. The Balaban J connectivity index is 2.16. The van der Waals surface area contributed by atoms with Crippen LogP contribution in [0.3, 0.4) is 0 Å². The van der Waals surface area contributed by atoms with Crippen LogP contribution in [0.4, 0.5) is 5.82 Å². The molecule has 1 fully saturated rings. The Hall–Kier alpha value is -0.810. The molecule has 2 rings (SSSR count). The average molecular weight is 238 g/mol. The Bertz CT molecular complexity index is 345. The summed E-state index contributed by atoms with van der Waals surface area (Å²) in [5.74, 6) is 2.14. The van der Waals surface area contributed by atoms with E-state index in [2.05, 4.69) is 33.8 Å². The summed E-state index contributed by atoms with van der Waals surface area (Å²) in [6, 6.07) is 1.96. The zero-order valence-electron chi connectivity index (χ0n) is 9.59. The fraction of sp³-hybridized carbons (Fsp3) is 0.636. The first kappa shape index (κ1) is 11.7. The van der Waals surface area contributed by atoms with Gasteiger partial charge in [-0.15, -0.1) is 5.10 Å². The number of thioether (sulfide) groups is 1. The highest BCUT2D eigenvalue weighted by Gasteiger charge is 2.21. The summed E-state index contributed by atoms with van der Waals surface area (Å²) in [6.07, 6.45) is 2.92. The number of nitrogens with two attached hydrogens (primary N) is 1. The highest BCUT2D eigenvalue weighted by Crippen LogP contribution is 2.25. The maximum Gasteiger partial charge on any atom is 0.155 e. The molecule has 1 unspecified atom stereocenters. The second-order valence-corrected chi connectivity index (χ2v) is 5.34. The molecule has 2 heterocycles. The van der Waals surface area contributed by atoms with E-state index >= 15 is 0 Å². The largest absolute Gasteiger partial charge is 0.353 e. The fourth-order valence-corrected chi connectivity index (χ4v) is 3.11. The van der Waals surface area contributed by atoms with Gasteiger partial charge in [-0.05, 0) is 12.5 Å². The highest BCUT2D eigenvalue weighted by molar-refractivity contribution is 8.00. The summed E-state index contributed by atoms with van der Waals surface area (Å²) in [5, 5.41) is 8.90. The molecule has 16 heavy (non-hydrogen) atoms. The minimum Gasteiger partial charge on any atom is -0.353 e. The van der Waals surface area contributed by atoms with Gasteiger partial charge >= 0.3 is 0 Å². The number of aromatic nitrogens is 2. The Morgan fingerprint density at radius 2 is 2.50 bits per heavy atom. The first-order valence-corrected chi connectivity index (χ1v) is 6.77. The molecule has 0 saturated carbocycles. The van der Waals surface area contributed by atoms with E-state index in [0.717, 1.165) is 24.5 Å². The van der Waals surface area contributed by atoms with Crippen LogP contribution in [0.2, 0.25) is 0 Å². The van der Waals surface area contributed by atoms with Crippen LogP contribution in [0.25, 0.3) is 0 Å². The molecule has 1 aromatic heterocycles. The average Bonchev–Trinajstić information content (AvgIpc) is 2.38. The van der Waals surface area contributed by atoms with Crippen molar-refractivity contribution in [1.29, 1.82) is 0 Å². The number of nitrogens with zero attached hydrogens (tertiary/aromatic N) is 3. The van der Waals surface area contributed by atoms with Gasteiger partial charge in [-0.1, -0.05) is 6.92 Å². The van der Waals surface area contributed by atoms with Crippen molar-refractivity contribution >= 4 is 17.6 Å². The lowest BCUT2D eigenvalue weighted by Crippen LogP contribution is -2.39. The second-order valence-electron chi connectivity index (χ2n) is 3.93. The first-order chi connectivity index (χ1) is 7.85. The predicted molar refractivity (Wildman–Crippen MR) is 68.7 cm³/mol. The Morgan fingerprint density at radius 1 is 1.62 bits per heavy atom. The summed E-state index contributed by atoms with van der Waals surface area (Å²) in [7, 11) is 0. The van der Waals surface area contributed by atoms with Crippen LogP contribution < -0.4 is 10.6 Å². The zero-order valence-corrected chi connectivity index (χ0v) is 10.4. The van der Waals surface area contributed by atoms with Crippen LogP contribution in [0, 0.1) is 0 Å². The van der Waals surface area contributed by atoms with Gasteiger partial charge in [0.25, 0.3) is 0 Å². The Morgan fingerprint density at radius 3 is 3.25 bits per heavy atom. The Kier molecular flexibility index (Phi) is 4.01.